The summed E-state index contributed by atoms with van der Waals surface area (Å²) < 4.78 is 19.5. The second-order valence-electron chi connectivity index (χ2n) is 7.03. The molecule has 0 spiro atoms. The zero-order valence-corrected chi connectivity index (χ0v) is 17.7. The van der Waals surface area contributed by atoms with Crippen molar-refractivity contribution in [2.24, 2.45) is 4.99 Å². The number of benzene rings is 2. The van der Waals surface area contributed by atoms with E-state index in [0.29, 0.717) is 36.1 Å². The van der Waals surface area contributed by atoms with Gasteiger partial charge in [-0.05, 0) is 55.7 Å². The predicted octanol–water partition coefficient (Wildman–Crippen LogP) is 3.75. The topological polar surface area (TPSA) is 62.1 Å². The van der Waals surface area contributed by atoms with E-state index in [9.17, 15) is 4.79 Å². The van der Waals surface area contributed by atoms with Crippen LogP contribution in [0.1, 0.15) is 23.6 Å². The first-order chi connectivity index (χ1) is 14.0. The molecule has 0 saturated carbocycles. The molecule has 0 radical (unpaired) electrons. The van der Waals surface area contributed by atoms with Crippen LogP contribution in [0.4, 0.5) is 0 Å². The van der Waals surface area contributed by atoms with Crippen LogP contribution < -0.4 is 14.3 Å². The molecule has 0 saturated heterocycles. The second-order valence-corrected chi connectivity index (χ2v) is 8.01. The van der Waals surface area contributed by atoms with Crippen LogP contribution in [0.5, 0.6) is 11.5 Å². The van der Waals surface area contributed by atoms with Crippen molar-refractivity contribution >= 4 is 27.5 Å². The number of aryl methyl sites for hydroxylation is 2. The number of ether oxygens (including phenoxy) is 3. The van der Waals surface area contributed by atoms with Crippen molar-refractivity contribution in [2.75, 3.05) is 20.0 Å². The molecule has 2 heterocycles. The highest BCUT2D eigenvalue weighted by Gasteiger charge is 2.15. The first kappa shape index (κ1) is 19.7. The number of nitrogens with zero attached hydrogens (tertiary/aromatic N) is 2. The number of hydrogen-bond acceptors (Lipinski definition) is 5. The Bertz CT molecular complexity index is 1130. The van der Waals surface area contributed by atoms with Crippen LogP contribution >= 0.6 is 11.3 Å². The summed E-state index contributed by atoms with van der Waals surface area (Å²) >= 11 is 1.55. The van der Waals surface area contributed by atoms with Gasteiger partial charge in [0.05, 0.1) is 23.2 Å². The summed E-state index contributed by atoms with van der Waals surface area (Å²) in [6.45, 7) is 8.28. The minimum absolute atomic E-state index is 0.185. The zero-order valence-electron chi connectivity index (χ0n) is 16.9. The van der Waals surface area contributed by atoms with Gasteiger partial charge in [-0.25, -0.2) is 0 Å². The van der Waals surface area contributed by atoms with Crippen molar-refractivity contribution in [1.82, 2.24) is 4.57 Å². The molecule has 0 bridgehead atoms. The maximum atomic E-state index is 12.7. The molecule has 6 nitrogen and oxygen atoms in total. The monoisotopic (exact) mass is 412 g/mol. The summed E-state index contributed by atoms with van der Waals surface area (Å²) in [7, 11) is 0. The van der Waals surface area contributed by atoms with Crippen molar-refractivity contribution in [1.29, 1.82) is 0 Å². The molecule has 3 aromatic rings. The number of amides is 1. The average molecular weight is 413 g/mol. The van der Waals surface area contributed by atoms with Gasteiger partial charge in [0.2, 0.25) is 6.79 Å². The highest BCUT2D eigenvalue weighted by molar-refractivity contribution is 7.16. The van der Waals surface area contributed by atoms with Crippen LogP contribution in [-0.4, -0.2) is 30.5 Å². The molecule has 1 aliphatic heterocycles. The van der Waals surface area contributed by atoms with Gasteiger partial charge in [0.25, 0.3) is 5.91 Å². The van der Waals surface area contributed by atoms with Crippen molar-refractivity contribution in [3.63, 3.8) is 0 Å². The molecule has 1 amide bonds. The van der Waals surface area contributed by atoms with E-state index in [4.69, 9.17) is 14.2 Å². The SMILES string of the molecule is CCOCCn1c(=NC(=O)Cc2ccc3c(c2)OCO3)sc2c(C)cc(C)cc21. The molecule has 1 aliphatic rings. The lowest BCUT2D eigenvalue weighted by molar-refractivity contribution is -0.117. The summed E-state index contributed by atoms with van der Waals surface area (Å²) in [5, 5.41) is 0. The second kappa shape index (κ2) is 8.39. The van der Waals surface area contributed by atoms with Crippen LogP contribution in [0.25, 0.3) is 10.2 Å². The van der Waals surface area contributed by atoms with E-state index < -0.39 is 0 Å². The molecule has 4 rings (SSSR count). The number of thiazole rings is 1. The fourth-order valence-corrected chi connectivity index (χ4v) is 4.61. The summed E-state index contributed by atoms with van der Waals surface area (Å²) in [4.78, 5) is 17.9. The van der Waals surface area contributed by atoms with E-state index in [2.05, 4.69) is 35.5 Å². The highest BCUT2D eigenvalue weighted by atomic mass is 32.1. The molecule has 0 unspecified atom stereocenters. The van der Waals surface area contributed by atoms with E-state index >= 15 is 0 Å². The number of aromatic nitrogens is 1. The molecule has 0 N–H and O–H groups in total. The van der Waals surface area contributed by atoms with Crippen LogP contribution in [0.15, 0.2) is 35.3 Å². The molecule has 29 heavy (non-hydrogen) atoms. The smallest absolute Gasteiger partial charge is 0.252 e. The van der Waals surface area contributed by atoms with Crippen molar-refractivity contribution in [3.05, 3.63) is 51.8 Å². The van der Waals surface area contributed by atoms with Crippen LogP contribution in [0.3, 0.4) is 0 Å². The van der Waals surface area contributed by atoms with E-state index in [1.807, 2.05) is 25.1 Å². The normalized spacial score (nSPS) is 13.4. The number of hydrogen-bond donors (Lipinski definition) is 0. The van der Waals surface area contributed by atoms with Crippen LogP contribution in [0.2, 0.25) is 0 Å². The lowest BCUT2D eigenvalue weighted by atomic mass is 10.1. The van der Waals surface area contributed by atoms with Crippen LogP contribution in [-0.2, 0) is 22.5 Å². The largest absolute Gasteiger partial charge is 0.454 e. The van der Waals surface area contributed by atoms with Gasteiger partial charge in [-0.1, -0.05) is 23.5 Å². The molecule has 2 aromatic carbocycles. The fraction of sp³-hybridized carbons (Fsp3) is 0.364. The molecule has 152 valence electrons. The standard InChI is InChI=1S/C22H24N2O4S/c1-4-26-8-7-24-17-10-14(2)9-15(3)21(17)29-22(24)23-20(25)12-16-5-6-18-19(11-16)28-13-27-18/h5-6,9-11H,4,7-8,12-13H2,1-3H3. The van der Waals surface area contributed by atoms with Gasteiger partial charge < -0.3 is 18.8 Å². The van der Waals surface area contributed by atoms with E-state index in [-0.39, 0.29) is 19.1 Å². The first-order valence-electron chi connectivity index (χ1n) is 9.69. The Hall–Kier alpha value is -2.64. The number of carbonyl (C=O) groups excluding carboxylic acids is 1. The van der Waals surface area contributed by atoms with Gasteiger partial charge in [0, 0.05) is 13.2 Å². The Kier molecular flexibility index (Phi) is 5.69. The Morgan fingerprint density at radius 3 is 2.86 bits per heavy atom. The summed E-state index contributed by atoms with van der Waals surface area (Å²) in [5.41, 5.74) is 4.34. The molecule has 0 fully saturated rings. The molecule has 7 heteroatoms. The van der Waals surface area contributed by atoms with Gasteiger partial charge in [-0.15, -0.1) is 0 Å². The molecule has 0 aliphatic carbocycles. The van der Waals surface area contributed by atoms with Crippen molar-refractivity contribution < 1.29 is 19.0 Å². The Morgan fingerprint density at radius 1 is 1.21 bits per heavy atom. The fourth-order valence-electron chi connectivity index (χ4n) is 3.49. The summed E-state index contributed by atoms with van der Waals surface area (Å²) in [6, 6.07) is 9.86. The number of carbonyl (C=O) groups is 1. The maximum absolute atomic E-state index is 12.7. The average Bonchev–Trinajstić information content (AvgIpc) is 3.27. The Labute approximate surface area is 173 Å². The lowest BCUT2D eigenvalue weighted by Crippen LogP contribution is -2.20. The minimum Gasteiger partial charge on any atom is -0.454 e. The van der Waals surface area contributed by atoms with E-state index in [0.717, 1.165) is 15.8 Å². The van der Waals surface area contributed by atoms with Gasteiger partial charge in [0.15, 0.2) is 16.3 Å². The van der Waals surface area contributed by atoms with Gasteiger partial charge >= 0.3 is 0 Å². The van der Waals surface area contributed by atoms with Crippen molar-refractivity contribution in [2.45, 2.75) is 33.7 Å². The first-order valence-corrected chi connectivity index (χ1v) is 10.5. The van der Waals surface area contributed by atoms with E-state index in [1.54, 1.807) is 11.3 Å². The van der Waals surface area contributed by atoms with Gasteiger partial charge in [-0.2, -0.15) is 4.99 Å². The Balaban J connectivity index is 1.67. The third kappa shape index (κ3) is 4.21. The molecular weight excluding hydrogens is 388 g/mol. The summed E-state index contributed by atoms with van der Waals surface area (Å²) in [6.07, 6.45) is 0.217. The quantitative estimate of drug-likeness (QED) is 0.579. The predicted molar refractivity (Wildman–Crippen MR) is 113 cm³/mol. The zero-order chi connectivity index (χ0) is 20.4. The van der Waals surface area contributed by atoms with E-state index in [1.165, 1.54) is 11.1 Å². The minimum atomic E-state index is -0.185. The maximum Gasteiger partial charge on any atom is 0.252 e. The third-order valence-electron chi connectivity index (χ3n) is 4.79. The Morgan fingerprint density at radius 2 is 2.03 bits per heavy atom. The molecule has 1 aromatic heterocycles. The van der Waals surface area contributed by atoms with Gasteiger partial charge in [-0.3, -0.25) is 4.79 Å². The van der Waals surface area contributed by atoms with Gasteiger partial charge in [0.1, 0.15) is 0 Å². The van der Waals surface area contributed by atoms with Crippen LogP contribution in [0, 0.1) is 13.8 Å². The number of fused-ring (bicyclic) bond motifs is 2. The third-order valence-corrected chi connectivity index (χ3v) is 6.02. The highest BCUT2D eigenvalue weighted by Crippen LogP contribution is 2.32. The molecular formula is C22H24N2O4S. The lowest BCUT2D eigenvalue weighted by Gasteiger charge is -2.07. The molecule has 0 atom stereocenters. The number of rotatable bonds is 6. The summed E-state index contributed by atoms with van der Waals surface area (Å²) in [5.74, 6) is 1.20. The van der Waals surface area contributed by atoms with Crippen molar-refractivity contribution in [3.8, 4) is 11.5 Å².